The molecule has 3 aliphatic rings. The highest BCUT2D eigenvalue weighted by Crippen LogP contribution is 2.57. The van der Waals surface area contributed by atoms with Crippen LogP contribution in [0.2, 0.25) is 0 Å². The Kier molecular flexibility index (Phi) is 3.72. The fourth-order valence-electron chi connectivity index (χ4n) is 4.38. The molecule has 3 N–H and O–H groups in total. The Labute approximate surface area is 170 Å². The third-order valence-electron chi connectivity index (χ3n) is 5.47. The normalized spacial score (nSPS) is 25.1. The van der Waals surface area contributed by atoms with Crippen LogP contribution in [0.25, 0.3) is 0 Å². The summed E-state index contributed by atoms with van der Waals surface area (Å²) in [4.78, 5) is 28.5. The van der Waals surface area contributed by atoms with Crippen molar-refractivity contribution in [2.75, 3.05) is 4.90 Å². The Bertz CT molecular complexity index is 1060. The van der Waals surface area contributed by atoms with Crippen molar-refractivity contribution >= 4 is 33.5 Å². The van der Waals surface area contributed by atoms with Crippen molar-refractivity contribution in [3.8, 4) is 6.07 Å². The lowest BCUT2D eigenvalue weighted by Crippen LogP contribution is -2.51. The van der Waals surface area contributed by atoms with E-state index in [2.05, 4.69) is 27.3 Å². The molecule has 0 aromatic heterocycles. The van der Waals surface area contributed by atoms with Crippen LogP contribution in [0.3, 0.4) is 0 Å². The Balaban J connectivity index is 2.18. The first-order valence-electron chi connectivity index (χ1n) is 8.87. The van der Waals surface area contributed by atoms with E-state index in [4.69, 9.17) is 10.5 Å². The Morgan fingerprint density at radius 2 is 2.00 bits per heavy atom. The molecule has 4 rings (SSSR count). The highest BCUT2D eigenvalue weighted by molar-refractivity contribution is 9.10. The molecule has 1 amide bonds. The average molecular weight is 443 g/mol. The number of cyclic esters (lactones) is 1. The van der Waals surface area contributed by atoms with Gasteiger partial charge >= 0.3 is 5.97 Å². The van der Waals surface area contributed by atoms with E-state index < -0.39 is 17.0 Å². The van der Waals surface area contributed by atoms with Crippen molar-refractivity contribution in [3.05, 3.63) is 50.9 Å². The van der Waals surface area contributed by atoms with Crippen molar-refractivity contribution in [1.82, 2.24) is 5.32 Å². The van der Waals surface area contributed by atoms with Crippen LogP contribution < -0.4 is 16.0 Å². The number of carbonyl (C=O) groups excluding carboxylic acids is 2. The standard InChI is InChI=1S/C20H19BrN4O3/c1-9(2)25-13-6-5-10(21)7-11(13)20(18(25)27)12(8-22)16(23)24-15-14(20)17(26)28-19(15,3)4/h5-7,9,24H,23H2,1-4H3/t20-/m0/s1. The maximum Gasteiger partial charge on any atom is 0.338 e. The number of nitrogens with two attached hydrogens (primary N) is 1. The first-order chi connectivity index (χ1) is 13.1. The number of benzene rings is 1. The summed E-state index contributed by atoms with van der Waals surface area (Å²) in [6.45, 7) is 7.21. The molecule has 3 aliphatic heterocycles. The SMILES string of the molecule is CC(C)N1C(=O)[C@]2(C(C#N)=C(N)NC3=C2C(=O)OC3(C)C)c2cc(Br)ccc21. The molecular weight excluding hydrogens is 424 g/mol. The molecule has 1 aromatic carbocycles. The van der Waals surface area contributed by atoms with E-state index in [0.717, 1.165) is 4.47 Å². The van der Waals surface area contributed by atoms with Gasteiger partial charge in [0.25, 0.3) is 0 Å². The Morgan fingerprint density at radius 3 is 2.61 bits per heavy atom. The smallest absolute Gasteiger partial charge is 0.338 e. The number of hydrogen-bond acceptors (Lipinski definition) is 6. The van der Waals surface area contributed by atoms with Gasteiger partial charge < -0.3 is 20.7 Å². The van der Waals surface area contributed by atoms with Gasteiger partial charge in [-0.2, -0.15) is 5.26 Å². The van der Waals surface area contributed by atoms with Crippen molar-refractivity contribution in [2.24, 2.45) is 5.73 Å². The zero-order chi connectivity index (χ0) is 20.6. The zero-order valence-electron chi connectivity index (χ0n) is 15.9. The lowest BCUT2D eigenvalue weighted by Gasteiger charge is -2.35. The fraction of sp³-hybridized carbons (Fsp3) is 0.350. The lowest BCUT2D eigenvalue weighted by atomic mass is 9.67. The van der Waals surface area contributed by atoms with Gasteiger partial charge in [0.1, 0.15) is 22.9 Å². The number of amides is 1. The van der Waals surface area contributed by atoms with Crippen LogP contribution in [0.5, 0.6) is 0 Å². The van der Waals surface area contributed by atoms with Gasteiger partial charge in [0.15, 0.2) is 0 Å². The fourth-order valence-corrected chi connectivity index (χ4v) is 4.74. The highest BCUT2D eigenvalue weighted by atomic mass is 79.9. The van der Waals surface area contributed by atoms with Crippen LogP contribution in [0.4, 0.5) is 5.69 Å². The van der Waals surface area contributed by atoms with Crippen molar-refractivity contribution in [3.63, 3.8) is 0 Å². The number of nitrogens with zero attached hydrogens (tertiary/aromatic N) is 2. The quantitative estimate of drug-likeness (QED) is 0.645. The number of hydrogen-bond donors (Lipinski definition) is 2. The lowest BCUT2D eigenvalue weighted by molar-refractivity contribution is -0.145. The van der Waals surface area contributed by atoms with Gasteiger partial charge in [-0.1, -0.05) is 15.9 Å². The monoisotopic (exact) mass is 442 g/mol. The van der Waals surface area contributed by atoms with Crippen LogP contribution in [0.15, 0.2) is 45.3 Å². The summed E-state index contributed by atoms with van der Waals surface area (Å²) in [6.07, 6.45) is 0. The minimum atomic E-state index is -1.63. The highest BCUT2D eigenvalue weighted by Gasteiger charge is 2.65. The summed E-state index contributed by atoms with van der Waals surface area (Å²) in [7, 11) is 0. The van der Waals surface area contributed by atoms with Gasteiger partial charge in [-0.15, -0.1) is 0 Å². The first-order valence-corrected chi connectivity index (χ1v) is 9.66. The molecule has 1 atom stereocenters. The van der Waals surface area contributed by atoms with E-state index in [1.165, 1.54) is 0 Å². The van der Waals surface area contributed by atoms with Crippen LogP contribution >= 0.6 is 15.9 Å². The average Bonchev–Trinajstić information content (AvgIpc) is 2.97. The number of ether oxygens (including phenoxy) is 1. The second kappa shape index (κ2) is 5.61. The number of carbonyl (C=O) groups is 2. The molecular formula is C20H19BrN4O3. The molecule has 144 valence electrons. The number of rotatable bonds is 1. The van der Waals surface area contributed by atoms with E-state index >= 15 is 0 Å². The molecule has 0 saturated carbocycles. The molecule has 3 heterocycles. The minimum absolute atomic E-state index is 0.00778. The number of dihydropyridines is 1. The molecule has 1 aromatic rings. The van der Waals surface area contributed by atoms with E-state index in [1.54, 1.807) is 24.8 Å². The number of anilines is 1. The molecule has 0 saturated heterocycles. The van der Waals surface area contributed by atoms with Gasteiger partial charge in [0.2, 0.25) is 5.91 Å². The van der Waals surface area contributed by atoms with E-state index in [0.29, 0.717) is 16.9 Å². The third kappa shape index (κ3) is 2.02. The van der Waals surface area contributed by atoms with Crippen molar-refractivity contribution in [1.29, 1.82) is 5.26 Å². The predicted molar refractivity (Wildman–Crippen MR) is 106 cm³/mol. The number of fused-ring (bicyclic) bond motifs is 3. The maximum atomic E-state index is 13.9. The molecule has 1 spiro atoms. The van der Waals surface area contributed by atoms with E-state index in [1.807, 2.05) is 26.0 Å². The van der Waals surface area contributed by atoms with Gasteiger partial charge in [-0.25, -0.2) is 4.79 Å². The van der Waals surface area contributed by atoms with Crippen molar-refractivity contribution in [2.45, 2.75) is 44.8 Å². The van der Waals surface area contributed by atoms with Gasteiger partial charge in [0, 0.05) is 21.8 Å². The summed E-state index contributed by atoms with van der Waals surface area (Å²) in [5.41, 5.74) is 5.33. The van der Waals surface area contributed by atoms with Crippen LogP contribution in [0, 0.1) is 11.3 Å². The minimum Gasteiger partial charge on any atom is -0.450 e. The van der Waals surface area contributed by atoms with Crippen LogP contribution in [-0.2, 0) is 19.7 Å². The number of halogens is 1. The van der Waals surface area contributed by atoms with Gasteiger partial charge in [-0.05, 0) is 45.9 Å². The van der Waals surface area contributed by atoms with Crippen LogP contribution in [-0.4, -0.2) is 23.5 Å². The second-order valence-electron chi connectivity index (χ2n) is 7.86. The number of nitriles is 1. The molecule has 7 nitrogen and oxygen atoms in total. The Morgan fingerprint density at radius 1 is 1.32 bits per heavy atom. The zero-order valence-corrected chi connectivity index (χ0v) is 17.5. The predicted octanol–water partition coefficient (Wildman–Crippen LogP) is 2.33. The summed E-state index contributed by atoms with van der Waals surface area (Å²) >= 11 is 3.45. The number of nitrogens with one attached hydrogen (secondary N) is 1. The molecule has 8 heteroatoms. The molecule has 0 aliphatic carbocycles. The summed E-state index contributed by atoms with van der Waals surface area (Å²) in [5, 5.41) is 12.9. The first kappa shape index (κ1) is 18.6. The largest absolute Gasteiger partial charge is 0.450 e. The Hall–Kier alpha value is -2.79. The number of esters is 1. The summed E-state index contributed by atoms with van der Waals surface area (Å²) in [5.74, 6) is -0.950. The molecule has 0 unspecified atom stereocenters. The summed E-state index contributed by atoms with van der Waals surface area (Å²) in [6, 6.07) is 7.31. The topological polar surface area (TPSA) is 108 Å². The molecule has 0 fully saturated rings. The molecule has 0 bridgehead atoms. The molecule has 0 radical (unpaired) electrons. The van der Waals surface area contributed by atoms with E-state index in [-0.39, 0.29) is 28.9 Å². The maximum absolute atomic E-state index is 13.9. The second-order valence-corrected chi connectivity index (χ2v) is 8.77. The third-order valence-corrected chi connectivity index (χ3v) is 5.97. The molecule has 28 heavy (non-hydrogen) atoms. The van der Waals surface area contributed by atoms with Gasteiger partial charge in [0.05, 0.1) is 16.8 Å². The van der Waals surface area contributed by atoms with Crippen molar-refractivity contribution < 1.29 is 14.3 Å². The van der Waals surface area contributed by atoms with Crippen LogP contribution in [0.1, 0.15) is 33.3 Å². The van der Waals surface area contributed by atoms with E-state index in [9.17, 15) is 14.9 Å². The summed E-state index contributed by atoms with van der Waals surface area (Å²) < 4.78 is 6.29. The van der Waals surface area contributed by atoms with Gasteiger partial charge in [-0.3, -0.25) is 4.79 Å².